The number of aliphatic hydroxyl groups is 1. The molecule has 8 rings (SSSR count). The fraction of sp³-hybridized carbons (Fsp3) is 0.315. The largest absolute Gasteiger partial charge is 0.491 e. The van der Waals surface area contributed by atoms with E-state index in [1.54, 1.807) is 48.7 Å². The first-order chi connectivity index (χ1) is 34.6. The Bertz CT molecular complexity index is 2800. The molecule has 3 aliphatic rings. The lowest BCUT2D eigenvalue weighted by molar-refractivity contribution is -0.178. The van der Waals surface area contributed by atoms with Crippen LogP contribution in [0.3, 0.4) is 0 Å². The molecular formula is C54H52N4O13. The number of hydrogen-bond acceptors (Lipinski definition) is 15. The van der Waals surface area contributed by atoms with Gasteiger partial charge in [0.1, 0.15) is 36.5 Å². The molecule has 1 spiro atoms. The van der Waals surface area contributed by atoms with E-state index in [2.05, 4.69) is 22.1 Å². The molecule has 0 radical (unpaired) electrons. The molecule has 4 heterocycles. The van der Waals surface area contributed by atoms with Gasteiger partial charge in [-0.1, -0.05) is 90.7 Å². The molecule has 0 aliphatic carbocycles. The first-order valence-electron chi connectivity index (χ1n) is 23.0. The zero-order valence-corrected chi connectivity index (χ0v) is 39.2. The fourth-order valence-electron chi connectivity index (χ4n) is 9.95. The third-order valence-electron chi connectivity index (χ3n) is 12.9. The van der Waals surface area contributed by atoms with Gasteiger partial charge < -0.3 is 38.8 Å². The highest BCUT2D eigenvalue weighted by atomic mass is 16.6. The van der Waals surface area contributed by atoms with Crippen LogP contribution in [0.5, 0.6) is 5.75 Å². The van der Waals surface area contributed by atoms with Crippen LogP contribution in [0.4, 0.5) is 10.5 Å². The van der Waals surface area contributed by atoms with E-state index in [1.165, 1.54) is 13.2 Å². The van der Waals surface area contributed by atoms with Gasteiger partial charge in [0.25, 0.3) is 0 Å². The van der Waals surface area contributed by atoms with Crippen molar-refractivity contribution in [1.82, 2.24) is 15.2 Å². The van der Waals surface area contributed by atoms with Crippen LogP contribution in [0.2, 0.25) is 0 Å². The number of ether oxygens (including phenoxy) is 6. The third-order valence-corrected chi connectivity index (χ3v) is 12.9. The number of carbonyl (C=O) groups is 6. The Morgan fingerprint density at radius 3 is 2.18 bits per heavy atom. The van der Waals surface area contributed by atoms with E-state index in [4.69, 9.17) is 28.4 Å². The van der Waals surface area contributed by atoms with Gasteiger partial charge in [0.05, 0.1) is 51.1 Å². The second-order valence-corrected chi connectivity index (χ2v) is 16.9. The quantitative estimate of drug-likeness (QED) is 0.0440. The number of nitrogens with one attached hydrogen (secondary N) is 1. The van der Waals surface area contributed by atoms with Crippen molar-refractivity contribution >= 4 is 41.5 Å². The Hall–Kier alpha value is -7.91. The van der Waals surface area contributed by atoms with Gasteiger partial charge in [0.15, 0.2) is 5.92 Å². The fourth-order valence-corrected chi connectivity index (χ4v) is 9.95. The molecule has 3 aliphatic heterocycles. The highest BCUT2D eigenvalue weighted by Crippen LogP contribution is 2.66. The number of rotatable bonds is 16. The van der Waals surface area contributed by atoms with Crippen molar-refractivity contribution in [3.63, 3.8) is 0 Å². The zero-order valence-electron chi connectivity index (χ0n) is 39.2. The minimum atomic E-state index is -2.17. The minimum absolute atomic E-state index is 0.00429. The highest BCUT2D eigenvalue weighted by Gasteiger charge is 2.75. The lowest BCUT2D eigenvalue weighted by Gasteiger charge is -2.46. The van der Waals surface area contributed by atoms with E-state index in [0.29, 0.717) is 34.6 Å². The van der Waals surface area contributed by atoms with Crippen LogP contribution in [0, 0.1) is 23.7 Å². The second kappa shape index (κ2) is 22.2. The summed E-state index contributed by atoms with van der Waals surface area (Å²) in [5.74, 6) is -0.876. The van der Waals surface area contributed by atoms with E-state index < -0.39 is 77.3 Å². The molecule has 2 fully saturated rings. The summed E-state index contributed by atoms with van der Waals surface area (Å²) in [5.41, 5.74) is 0.728. The molecular weight excluding hydrogens is 913 g/mol. The number of fused-ring (bicyclic) bond motifs is 3. The molecule has 5 aromatic rings. The number of anilines is 1. The number of imide groups is 1. The Balaban J connectivity index is 1.42. The van der Waals surface area contributed by atoms with Crippen molar-refractivity contribution in [2.45, 2.75) is 42.5 Å². The summed E-state index contributed by atoms with van der Waals surface area (Å²) < 4.78 is 33.0. The molecule has 3 amide bonds. The molecule has 366 valence electrons. The lowest BCUT2D eigenvalue weighted by Crippen LogP contribution is -2.56. The smallest absolute Gasteiger partial charge is 0.421 e. The normalized spacial score (nSPS) is 21.1. The van der Waals surface area contributed by atoms with E-state index in [9.17, 15) is 19.5 Å². The predicted octanol–water partition coefficient (Wildman–Crippen LogP) is 4.96. The summed E-state index contributed by atoms with van der Waals surface area (Å²) >= 11 is 0. The van der Waals surface area contributed by atoms with Crippen molar-refractivity contribution in [2.24, 2.45) is 11.8 Å². The Morgan fingerprint density at radius 2 is 1.51 bits per heavy atom. The standard InChI is InChI=1S/C54H52N4O13/c1-66-30-31-70-53(65)57-42-24-23-34(14-12-22-40(49(61)67-2)50(62)68-3)32-41(42)54(52(57)64)43(48(60)56-27-25-38-20-10-11-26-55-38)45-51(63)71-46(36-17-8-5-9-18-36)44(35-15-6-4-7-16-35)58(45)47(54)37-19-13-21-39(33-37)69-29-28-59/h4-11,13,15-21,23-24,26,32-33,40,43-47,59H,22,25,27-31H2,1-3H3,(H,56,60)/t43-,44-,45-,46+,47+,54-/m1/s1. The van der Waals surface area contributed by atoms with Gasteiger partial charge >= 0.3 is 24.0 Å². The second-order valence-electron chi connectivity index (χ2n) is 16.9. The van der Waals surface area contributed by atoms with Crippen LogP contribution in [0.1, 0.15) is 58.1 Å². The molecule has 1 aromatic heterocycles. The maximum atomic E-state index is 16.4. The molecule has 2 saturated heterocycles. The Kier molecular flexibility index (Phi) is 15.5. The highest BCUT2D eigenvalue weighted by molar-refractivity contribution is 6.23. The lowest BCUT2D eigenvalue weighted by atomic mass is 9.65. The van der Waals surface area contributed by atoms with Gasteiger partial charge in [-0.25, -0.2) is 9.69 Å². The summed E-state index contributed by atoms with van der Waals surface area (Å²) in [7, 11) is 3.71. The SMILES string of the molecule is COCCOC(=O)N1C(=O)[C@@]2(c3cc(C#CCC(C(=O)OC)C(=O)OC)ccc31)[C@H](c1cccc(OCCO)c1)N1[C@H](c3ccccc3)[C@H](c3ccccc3)OC(=O)[C@H]1[C@@H]2C(=O)NCCc1ccccn1. The summed E-state index contributed by atoms with van der Waals surface area (Å²) in [6.45, 7) is -0.550. The van der Waals surface area contributed by atoms with Crippen LogP contribution in [0.25, 0.3) is 0 Å². The van der Waals surface area contributed by atoms with Gasteiger partial charge in [-0.15, -0.1) is 0 Å². The number of pyridine rings is 1. The summed E-state index contributed by atoms with van der Waals surface area (Å²) in [4.78, 5) is 94.4. The number of nitrogens with zero attached hydrogens (tertiary/aromatic N) is 3. The van der Waals surface area contributed by atoms with Crippen molar-refractivity contribution in [3.05, 3.63) is 161 Å². The van der Waals surface area contributed by atoms with Gasteiger partial charge in [0, 0.05) is 44.0 Å². The van der Waals surface area contributed by atoms with Crippen LogP contribution in [0.15, 0.2) is 128 Å². The first kappa shape index (κ1) is 49.5. The number of aliphatic hydroxyl groups excluding tert-OH is 1. The third kappa shape index (κ3) is 9.69. The van der Waals surface area contributed by atoms with E-state index in [0.717, 1.165) is 19.1 Å². The van der Waals surface area contributed by atoms with E-state index in [1.807, 2.05) is 77.7 Å². The average molecular weight is 965 g/mol. The number of amides is 3. The zero-order chi connectivity index (χ0) is 50.1. The predicted molar refractivity (Wildman–Crippen MR) is 254 cm³/mol. The average Bonchev–Trinajstić information content (AvgIpc) is 3.86. The van der Waals surface area contributed by atoms with Gasteiger partial charge in [-0.3, -0.25) is 33.9 Å². The van der Waals surface area contributed by atoms with Gasteiger partial charge in [0.2, 0.25) is 11.8 Å². The monoisotopic (exact) mass is 964 g/mol. The minimum Gasteiger partial charge on any atom is -0.491 e. The number of hydrogen-bond donors (Lipinski definition) is 2. The summed E-state index contributed by atoms with van der Waals surface area (Å²) in [6, 6.07) is 31.7. The molecule has 6 atom stereocenters. The molecule has 0 unspecified atom stereocenters. The number of aromatic nitrogens is 1. The molecule has 71 heavy (non-hydrogen) atoms. The van der Waals surface area contributed by atoms with E-state index >= 15 is 14.4 Å². The number of benzene rings is 4. The Labute approximate surface area is 409 Å². The maximum Gasteiger partial charge on any atom is 0.421 e. The van der Waals surface area contributed by atoms with Crippen LogP contribution < -0.4 is 15.0 Å². The van der Waals surface area contributed by atoms with E-state index in [-0.39, 0.29) is 56.2 Å². The number of esters is 3. The number of carbonyl (C=O) groups excluding carboxylic acids is 6. The topological polar surface area (TPSA) is 209 Å². The molecule has 0 bridgehead atoms. The number of methoxy groups -OCH3 is 3. The Morgan fingerprint density at radius 1 is 0.803 bits per heavy atom. The van der Waals surface area contributed by atoms with Crippen LogP contribution in [-0.4, -0.2) is 111 Å². The molecule has 17 heteroatoms. The van der Waals surface area contributed by atoms with Gasteiger partial charge in [-0.05, 0) is 64.7 Å². The maximum absolute atomic E-state index is 16.4. The molecule has 4 aromatic carbocycles. The van der Waals surface area contributed by atoms with Crippen molar-refractivity contribution in [3.8, 4) is 17.6 Å². The van der Waals surface area contributed by atoms with Crippen molar-refractivity contribution in [2.75, 3.05) is 59.2 Å². The van der Waals surface area contributed by atoms with Crippen LogP contribution in [-0.2, 0) is 59.5 Å². The summed E-state index contributed by atoms with van der Waals surface area (Å²) in [6.07, 6.45) is -0.422. The molecule has 17 nitrogen and oxygen atoms in total. The summed E-state index contributed by atoms with van der Waals surface area (Å²) in [5, 5.41) is 12.8. The first-order valence-corrected chi connectivity index (χ1v) is 23.0. The molecule has 0 saturated carbocycles. The van der Waals surface area contributed by atoms with Crippen molar-refractivity contribution < 1.29 is 62.3 Å². The molecule has 2 N–H and O–H groups in total. The van der Waals surface area contributed by atoms with Gasteiger partial charge in [-0.2, -0.15) is 0 Å². The van der Waals surface area contributed by atoms with Crippen LogP contribution >= 0.6 is 0 Å². The number of cyclic esters (lactones) is 1. The number of morpholine rings is 1. The van der Waals surface area contributed by atoms with Crippen molar-refractivity contribution in [1.29, 1.82) is 0 Å².